The van der Waals surface area contributed by atoms with Crippen LogP contribution in [0.25, 0.3) is 5.76 Å². The number of hydrogen-bond donors (Lipinski definition) is 1. The first-order valence-electron chi connectivity index (χ1n) is 4.59. The number of fused-ring (bicyclic) bond motifs is 1. The van der Waals surface area contributed by atoms with Crippen molar-refractivity contribution in [3.05, 3.63) is 22.2 Å². The standard InChI is InChI=1S/C11H10BrNO3/c1-6(12)11(14)7-3-9-10(16-5-15-9)4-8(7)13-2/h3-4,14H,2,5H2,1H3/b11-6-. The highest BCUT2D eigenvalue weighted by molar-refractivity contribution is 9.11. The van der Waals surface area contributed by atoms with Gasteiger partial charge in [0.1, 0.15) is 5.76 Å². The smallest absolute Gasteiger partial charge is 0.231 e. The molecule has 5 heteroatoms. The van der Waals surface area contributed by atoms with E-state index in [0.717, 1.165) is 0 Å². The van der Waals surface area contributed by atoms with E-state index in [1.807, 2.05) is 0 Å². The van der Waals surface area contributed by atoms with Crippen LogP contribution in [0.5, 0.6) is 11.5 Å². The molecule has 0 fully saturated rings. The highest BCUT2D eigenvalue weighted by atomic mass is 79.9. The van der Waals surface area contributed by atoms with E-state index in [2.05, 4.69) is 27.6 Å². The van der Waals surface area contributed by atoms with Crippen LogP contribution in [0.3, 0.4) is 0 Å². The fourth-order valence-corrected chi connectivity index (χ4v) is 1.65. The van der Waals surface area contributed by atoms with Crippen molar-refractivity contribution in [2.45, 2.75) is 6.92 Å². The van der Waals surface area contributed by atoms with Crippen LogP contribution in [0.2, 0.25) is 0 Å². The van der Waals surface area contributed by atoms with Gasteiger partial charge in [-0.2, -0.15) is 0 Å². The minimum Gasteiger partial charge on any atom is -0.506 e. The summed E-state index contributed by atoms with van der Waals surface area (Å²) in [6.07, 6.45) is 0. The molecule has 0 saturated heterocycles. The predicted octanol–water partition coefficient (Wildman–Crippen LogP) is 3.39. The molecule has 0 saturated carbocycles. The molecule has 16 heavy (non-hydrogen) atoms. The summed E-state index contributed by atoms with van der Waals surface area (Å²) in [6.45, 7) is 5.39. The van der Waals surface area contributed by atoms with Gasteiger partial charge in [-0.25, -0.2) is 0 Å². The number of nitrogens with zero attached hydrogens (tertiary/aromatic N) is 1. The van der Waals surface area contributed by atoms with Crippen molar-refractivity contribution in [3.8, 4) is 11.5 Å². The largest absolute Gasteiger partial charge is 0.506 e. The zero-order valence-corrected chi connectivity index (χ0v) is 10.2. The van der Waals surface area contributed by atoms with Crippen LogP contribution in [-0.2, 0) is 0 Å². The first-order chi connectivity index (χ1) is 7.63. The van der Waals surface area contributed by atoms with Crippen molar-refractivity contribution in [2.24, 2.45) is 4.99 Å². The SMILES string of the molecule is C=Nc1cc2c(cc1/C(O)=C(\C)Br)OCO2. The molecule has 0 aromatic heterocycles. The second-order valence-corrected chi connectivity index (χ2v) is 4.45. The van der Waals surface area contributed by atoms with Gasteiger partial charge in [0.15, 0.2) is 11.5 Å². The molecule has 1 aromatic carbocycles. The molecule has 4 nitrogen and oxygen atoms in total. The number of allylic oxidation sites excluding steroid dienone is 1. The van der Waals surface area contributed by atoms with Crippen molar-refractivity contribution in [1.82, 2.24) is 0 Å². The zero-order valence-electron chi connectivity index (χ0n) is 8.66. The van der Waals surface area contributed by atoms with Gasteiger partial charge in [-0.3, -0.25) is 4.99 Å². The molecular weight excluding hydrogens is 274 g/mol. The Balaban J connectivity index is 2.61. The Morgan fingerprint density at radius 1 is 1.44 bits per heavy atom. The van der Waals surface area contributed by atoms with Crippen LogP contribution in [-0.4, -0.2) is 18.6 Å². The van der Waals surface area contributed by atoms with Gasteiger partial charge in [0.25, 0.3) is 0 Å². The van der Waals surface area contributed by atoms with Gasteiger partial charge in [-0.15, -0.1) is 0 Å². The van der Waals surface area contributed by atoms with E-state index in [1.165, 1.54) is 0 Å². The lowest BCUT2D eigenvalue weighted by Gasteiger charge is -2.07. The van der Waals surface area contributed by atoms with E-state index in [-0.39, 0.29) is 12.6 Å². The number of aliphatic hydroxyl groups excluding tert-OH is 1. The third-order valence-corrected chi connectivity index (χ3v) is 2.62. The summed E-state index contributed by atoms with van der Waals surface area (Å²) in [5.41, 5.74) is 1.12. The Labute approximate surface area is 101 Å². The quantitative estimate of drug-likeness (QED) is 0.669. The fourth-order valence-electron chi connectivity index (χ4n) is 1.44. The number of halogens is 1. The maximum absolute atomic E-state index is 9.89. The molecule has 0 bridgehead atoms. The summed E-state index contributed by atoms with van der Waals surface area (Å²) in [6, 6.07) is 3.38. The maximum atomic E-state index is 9.89. The molecule has 1 heterocycles. The number of aliphatic imine (C=N–C) groups is 1. The molecule has 1 aliphatic heterocycles. The molecule has 1 aliphatic rings. The summed E-state index contributed by atoms with van der Waals surface area (Å²) in [5.74, 6) is 1.33. The van der Waals surface area contributed by atoms with Gasteiger partial charge in [0.2, 0.25) is 6.79 Å². The average Bonchev–Trinajstić information content (AvgIpc) is 2.72. The summed E-state index contributed by atoms with van der Waals surface area (Å²) < 4.78 is 11.1. The molecule has 1 aromatic rings. The number of rotatable bonds is 2. The first-order valence-corrected chi connectivity index (χ1v) is 5.39. The Hall–Kier alpha value is -1.49. The van der Waals surface area contributed by atoms with E-state index >= 15 is 0 Å². The molecule has 0 radical (unpaired) electrons. The topological polar surface area (TPSA) is 51.1 Å². The number of hydrogen-bond acceptors (Lipinski definition) is 4. The van der Waals surface area contributed by atoms with Crippen LogP contribution < -0.4 is 9.47 Å². The van der Waals surface area contributed by atoms with Crippen LogP contribution in [0.1, 0.15) is 12.5 Å². The molecule has 0 amide bonds. The highest BCUT2D eigenvalue weighted by Gasteiger charge is 2.19. The third kappa shape index (κ3) is 1.78. The van der Waals surface area contributed by atoms with Crippen LogP contribution in [0, 0.1) is 0 Å². The number of aliphatic hydroxyl groups is 1. The number of ether oxygens (including phenoxy) is 2. The van der Waals surface area contributed by atoms with Gasteiger partial charge < -0.3 is 14.6 Å². The van der Waals surface area contributed by atoms with E-state index in [0.29, 0.717) is 27.2 Å². The van der Waals surface area contributed by atoms with Crippen molar-refractivity contribution < 1.29 is 14.6 Å². The highest BCUT2D eigenvalue weighted by Crippen LogP contribution is 2.40. The third-order valence-electron chi connectivity index (χ3n) is 2.24. The molecule has 2 rings (SSSR count). The summed E-state index contributed by atoms with van der Waals surface area (Å²) in [5, 5.41) is 9.89. The lowest BCUT2D eigenvalue weighted by molar-refractivity contribution is 0.174. The summed E-state index contributed by atoms with van der Waals surface area (Å²) in [7, 11) is 0. The van der Waals surface area contributed by atoms with Gasteiger partial charge in [-0.1, -0.05) is 15.9 Å². The normalized spacial score (nSPS) is 14.6. The molecule has 84 valence electrons. The zero-order chi connectivity index (χ0) is 11.7. The molecule has 0 unspecified atom stereocenters. The Kier molecular flexibility index (Phi) is 2.87. The lowest BCUT2D eigenvalue weighted by Crippen LogP contribution is -1.92. The van der Waals surface area contributed by atoms with Crippen molar-refractivity contribution >= 4 is 34.1 Å². The summed E-state index contributed by atoms with van der Waals surface area (Å²) >= 11 is 3.22. The second-order valence-electron chi connectivity index (χ2n) is 3.26. The molecule has 1 N–H and O–H groups in total. The molecule has 0 atom stereocenters. The van der Waals surface area contributed by atoms with E-state index in [4.69, 9.17) is 9.47 Å². The Bertz CT molecular complexity index is 478. The minimum absolute atomic E-state index is 0.112. The van der Waals surface area contributed by atoms with Crippen molar-refractivity contribution in [2.75, 3.05) is 6.79 Å². The Morgan fingerprint density at radius 3 is 2.62 bits per heavy atom. The monoisotopic (exact) mass is 283 g/mol. The first kappa shape index (κ1) is 11.0. The van der Waals surface area contributed by atoms with Crippen LogP contribution in [0.15, 0.2) is 21.6 Å². The van der Waals surface area contributed by atoms with Crippen molar-refractivity contribution in [1.29, 1.82) is 0 Å². The molecular formula is C11H10BrNO3. The van der Waals surface area contributed by atoms with E-state index in [9.17, 15) is 5.11 Å². The minimum atomic E-state index is 0.112. The number of benzene rings is 1. The molecule has 0 spiro atoms. The lowest BCUT2D eigenvalue weighted by atomic mass is 10.1. The van der Waals surface area contributed by atoms with Gasteiger partial charge in [0.05, 0.1) is 5.69 Å². The van der Waals surface area contributed by atoms with E-state index < -0.39 is 0 Å². The van der Waals surface area contributed by atoms with Gasteiger partial charge in [-0.05, 0) is 19.7 Å². The summed E-state index contributed by atoms with van der Waals surface area (Å²) in [4.78, 5) is 3.85. The molecule has 0 aliphatic carbocycles. The van der Waals surface area contributed by atoms with Crippen LogP contribution >= 0.6 is 15.9 Å². The Morgan fingerprint density at radius 2 is 2.06 bits per heavy atom. The van der Waals surface area contributed by atoms with Crippen LogP contribution in [0.4, 0.5) is 5.69 Å². The average molecular weight is 284 g/mol. The van der Waals surface area contributed by atoms with Crippen molar-refractivity contribution in [3.63, 3.8) is 0 Å². The predicted molar refractivity (Wildman–Crippen MR) is 65.9 cm³/mol. The second kappa shape index (κ2) is 4.17. The maximum Gasteiger partial charge on any atom is 0.231 e. The fraction of sp³-hybridized carbons (Fsp3) is 0.182. The van der Waals surface area contributed by atoms with Gasteiger partial charge in [0, 0.05) is 16.1 Å². The van der Waals surface area contributed by atoms with E-state index in [1.54, 1.807) is 19.1 Å². The van der Waals surface area contributed by atoms with Gasteiger partial charge >= 0.3 is 0 Å².